The van der Waals surface area contributed by atoms with Crippen LogP contribution in [0.4, 0.5) is 0 Å². The maximum absolute atomic E-state index is 10.3. The zero-order valence-corrected chi connectivity index (χ0v) is 22.2. The van der Waals surface area contributed by atoms with Crippen LogP contribution in [0, 0.1) is 13.1 Å². The van der Waals surface area contributed by atoms with Gasteiger partial charge in [-0.15, -0.1) is 0 Å². The van der Waals surface area contributed by atoms with Crippen LogP contribution in [0.5, 0.6) is 5.75 Å². The highest BCUT2D eigenvalue weighted by atomic mass is 127. The SMILES string of the molecule is CC(C)(C)c1ccc(OS(=O)(=O)[O-])cc1.CC(C)Cc1ccc([I+]c2ccccc2)cc1. The minimum Gasteiger partial charge on any atom is -0.716 e. The summed E-state index contributed by atoms with van der Waals surface area (Å²) in [5, 5.41) is 0. The highest BCUT2D eigenvalue weighted by Gasteiger charge is 2.14. The van der Waals surface area contributed by atoms with Gasteiger partial charge in [0, 0.05) is 0 Å². The zero-order valence-electron chi connectivity index (χ0n) is 19.2. The smallest absolute Gasteiger partial charge is 0.357 e. The molecule has 0 saturated carbocycles. The summed E-state index contributed by atoms with van der Waals surface area (Å²) < 4.78 is 38.1. The molecule has 0 N–H and O–H groups in total. The highest BCUT2D eigenvalue weighted by molar-refractivity contribution is 7.81. The average molecular weight is 567 g/mol. The Morgan fingerprint density at radius 3 is 1.84 bits per heavy atom. The molecule has 172 valence electrons. The third-order valence-corrected chi connectivity index (χ3v) is 7.51. The van der Waals surface area contributed by atoms with E-state index >= 15 is 0 Å². The number of rotatable bonds is 6. The van der Waals surface area contributed by atoms with E-state index in [-0.39, 0.29) is 32.4 Å². The summed E-state index contributed by atoms with van der Waals surface area (Å²) in [4.78, 5) is 0. The van der Waals surface area contributed by atoms with Crippen molar-refractivity contribution in [2.45, 2.75) is 46.5 Å². The molecule has 32 heavy (non-hydrogen) atoms. The molecular weight excluding hydrogens is 535 g/mol. The molecule has 0 heterocycles. The van der Waals surface area contributed by atoms with Gasteiger partial charge in [0.05, 0.1) is 0 Å². The molecule has 3 aromatic carbocycles. The minimum atomic E-state index is -4.68. The van der Waals surface area contributed by atoms with Gasteiger partial charge in [-0.05, 0) is 65.3 Å². The molecule has 0 radical (unpaired) electrons. The van der Waals surface area contributed by atoms with Gasteiger partial charge in [0.1, 0.15) is 5.75 Å². The fourth-order valence-electron chi connectivity index (χ4n) is 2.89. The van der Waals surface area contributed by atoms with Crippen molar-refractivity contribution in [3.8, 4) is 5.75 Å². The van der Waals surface area contributed by atoms with Crippen LogP contribution in [0.1, 0.15) is 45.7 Å². The van der Waals surface area contributed by atoms with Crippen molar-refractivity contribution in [2.24, 2.45) is 5.92 Å². The van der Waals surface area contributed by atoms with Crippen molar-refractivity contribution in [2.75, 3.05) is 0 Å². The lowest BCUT2D eigenvalue weighted by Crippen LogP contribution is -3.61. The summed E-state index contributed by atoms with van der Waals surface area (Å²) in [7, 11) is -4.68. The second kappa shape index (κ2) is 11.8. The summed E-state index contributed by atoms with van der Waals surface area (Å²) in [6, 6.07) is 26.4. The lowest BCUT2D eigenvalue weighted by Gasteiger charge is -2.19. The predicted molar refractivity (Wildman–Crippen MR) is 124 cm³/mol. The molecule has 6 heteroatoms. The maximum atomic E-state index is 10.3. The Labute approximate surface area is 203 Å². The molecule has 4 nitrogen and oxygen atoms in total. The quantitative estimate of drug-likeness (QED) is 0.262. The molecule has 0 unspecified atom stereocenters. The second-order valence-corrected chi connectivity index (χ2v) is 12.9. The second-order valence-electron chi connectivity index (χ2n) is 8.88. The molecule has 0 aliphatic rings. The van der Waals surface area contributed by atoms with E-state index in [0.29, 0.717) is 0 Å². The van der Waals surface area contributed by atoms with Crippen molar-refractivity contribution in [1.29, 1.82) is 0 Å². The number of hydrogen-bond donors (Lipinski definition) is 0. The zero-order chi connectivity index (χ0) is 23.8. The largest absolute Gasteiger partial charge is 0.716 e. The van der Waals surface area contributed by atoms with Crippen molar-refractivity contribution >= 4 is 10.4 Å². The van der Waals surface area contributed by atoms with Gasteiger partial charge in [-0.25, -0.2) is 8.42 Å². The first kappa shape index (κ1) is 26.4. The Kier molecular flexibility index (Phi) is 9.73. The first-order chi connectivity index (χ1) is 14.9. The summed E-state index contributed by atoms with van der Waals surface area (Å²) in [6.07, 6.45) is 1.18. The summed E-state index contributed by atoms with van der Waals surface area (Å²) in [6.45, 7) is 10.6. The first-order valence-corrected chi connectivity index (χ1v) is 14.0. The van der Waals surface area contributed by atoms with Gasteiger partial charge in [-0.1, -0.05) is 77.1 Å². The predicted octanol–water partition coefficient (Wildman–Crippen LogP) is 2.84. The Hall–Kier alpha value is -1.90. The van der Waals surface area contributed by atoms with Crippen LogP contribution in [-0.2, 0) is 22.2 Å². The molecule has 3 aromatic rings. The van der Waals surface area contributed by atoms with Crippen LogP contribution in [0.25, 0.3) is 0 Å². The molecule has 0 fully saturated rings. The first-order valence-electron chi connectivity index (χ1n) is 10.5. The van der Waals surface area contributed by atoms with Crippen LogP contribution < -0.4 is 25.4 Å². The number of benzene rings is 3. The van der Waals surface area contributed by atoms with Crippen LogP contribution in [0.2, 0.25) is 0 Å². The minimum absolute atomic E-state index is 0.00515. The molecular formula is C26H31IO4S. The Morgan fingerprint density at radius 1 is 0.844 bits per heavy atom. The van der Waals surface area contributed by atoms with E-state index < -0.39 is 10.4 Å². The van der Waals surface area contributed by atoms with Gasteiger partial charge in [0.2, 0.25) is 0 Å². The topological polar surface area (TPSA) is 66.4 Å². The summed E-state index contributed by atoms with van der Waals surface area (Å²) >= 11 is -0.00515. The fraction of sp³-hybridized carbons (Fsp3) is 0.308. The van der Waals surface area contributed by atoms with E-state index in [4.69, 9.17) is 0 Å². The van der Waals surface area contributed by atoms with Gasteiger partial charge in [0.25, 0.3) is 10.4 Å². The summed E-state index contributed by atoms with van der Waals surface area (Å²) in [5.41, 5.74) is 2.48. The average Bonchev–Trinajstić information content (AvgIpc) is 2.69. The van der Waals surface area contributed by atoms with Gasteiger partial charge < -0.3 is 8.74 Å². The Balaban J connectivity index is 0.000000229. The van der Waals surface area contributed by atoms with E-state index in [0.717, 1.165) is 11.5 Å². The molecule has 0 spiro atoms. The van der Waals surface area contributed by atoms with E-state index in [9.17, 15) is 13.0 Å². The molecule has 0 saturated heterocycles. The molecule has 0 aromatic heterocycles. The van der Waals surface area contributed by atoms with E-state index in [1.807, 2.05) is 20.8 Å². The van der Waals surface area contributed by atoms with Crippen LogP contribution in [0.15, 0.2) is 78.9 Å². The molecule has 0 atom stereocenters. The number of halogens is 1. The van der Waals surface area contributed by atoms with Crippen LogP contribution in [-0.4, -0.2) is 13.0 Å². The van der Waals surface area contributed by atoms with Crippen molar-refractivity contribution < 1.29 is 38.4 Å². The van der Waals surface area contributed by atoms with Gasteiger partial charge in [0.15, 0.2) is 7.14 Å². The Bertz CT molecular complexity index is 1050. The lowest BCUT2D eigenvalue weighted by molar-refractivity contribution is -0.597. The van der Waals surface area contributed by atoms with E-state index in [2.05, 4.69) is 72.6 Å². The molecule has 0 amide bonds. The van der Waals surface area contributed by atoms with Gasteiger partial charge >= 0.3 is 21.2 Å². The van der Waals surface area contributed by atoms with Gasteiger partial charge in [-0.2, -0.15) is 0 Å². The van der Waals surface area contributed by atoms with Crippen molar-refractivity contribution in [3.05, 3.63) is 97.1 Å². The molecule has 0 aliphatic heterocycles. The third-order valence-electron chi connectivity index (χ3n) is 4.43. The molecule has 0 aliphatic carbocycles. The van der Waals surface area contributed by atoms with Crippen LogP contribution >= 0.6 is 0 Å². The highest BCUT2D eigenvalue weighted by Crippen LogP contribution is 2.24. The summed E-state index contributed by atoms with van der Waals surface area (Å²) in [5.74, 6) is 0.780. The number of hydrogen-bond acceptors (Lipinski definition) is 4. The van der Waals surface area contributed by atoms with E-state index in [1.54, 1.807) is 12.1 Å². The van der Waals surface area contributed by atoms with Gasteiger partial charge in [-0.3, -0.25) is 0 Å². The van der Waals surface area contributed by atoms with Crippen molar-refractivity contribution in [3.63, 3.8) is 0 Å². The standard InChI is InChI=1S/C16H18I.C10H14O4S/c1-13(2)12-14-8-10-16(11-9-14)17-15-6-4-3-5-7-15;1-10(2,3)8-4-6-9(7-5-8)14-15(11,12)13/h3-11,13H,12H2,1-2H3;4-7H,1-3H3,(H,11,12,13)/q+1;/p-1. The molecule has 3 rings (SSSR count). The maximum Gasteiger partial charge on any atom is 0.357 e. The monoisotopic (exact) mass is 566 g/mol. The third kappa shape index (κ3) is 10.1. The fourth-order valence-corrected chi connectivity index (χ4v) is 5.45. The van der Waals surface area contributed by atoms with Crippen LogP contribution in [0.3, 0.4) is 0 Å². The van der Waals surface area contributed by atoms with Crippen molar-refractivity contribution in [1.82, 2.24) is 0 Å². The van der Waals surface area contributed by atoms with E-state index in [1.165, 1.54) is 31.3 Å². The normalized spacial score (nSPS) is 11.6. The lowest BCUT2D eigenvalue weighted by atomic mass is 9.87. The molecule has 0 bridgehead atoms. The Morgan fingerprint density at radius 2 is 1.38 bits per heavy atom.